The molecule has 0 aliphatic carbocycles. The molecular formula is C14H19FN2O3. The highest BCUT2D eigenvalue weighted by molar-refractivity contribution is 5.70. The molecule has 1 aliphatic heterocycles. The van der Waals surface area contributed by atoms with Gasteiger partial charge in [0.15, 0.2) is 0 Å². The van der Waals surface area contributed by atoms with Crippen LogP contribution < -0.4 is 10.6 Å². The van der Waals surface area contributed by atoms with Gasteiger partial charge in [0.05, 0.1) is 24.8 Å². The lowest BCUT2D eigenvalue weighted by atomic mass is 9.88. The molecule has 0 atom stereocenters. The number of nitrogens with two attached hydrogens (primary N) is 1. The second kappa shape index (κ2) is 5.66. The normalized spacial score (nSPS) is 17.9. The molecule has 1 aromatic rings. The smallest absolute Gasteiger partial charge is 0.308 e. The average molecular weight is 282 g/mol. The molecular weight excluding hydrogens is 263 g/mol. The number of halogens is 1. The zero-order valence-corrected chi connectivity index (χ0v) is 11.4. The molecule has 1 saturated heterocycles. The van der Waals surface area contributed by atoms with Crippen molar-refractivity contribution in [3.63, 3.8) is 0 Å². The van der Waals surface area contributed by atoms with Crippen LogP contribution in [-0.2, 0) is 9.53 Å². The van der Waals surface area contributed by atoms with Crippen molar-refractivity contribution in [2.75, 3.05) is 30.8 Å². The van der Waals surface area contributed by atoms with E-state index in [1.54, 1.807) is 6.07 Å². The largest absolute Gasteiger partial charge is 0.469 e. The molecule has 1 fully saturated rings. The molecule has 1 aromatic carbocycles. The molecule has 3 N–H and O–H groups in total. The van der Waals surface area contributed by atoms with Gasteiger partial charge in [0.1, 0.15) is 5.82 Å². The van der Waals surface area contributed by atoms with Crippen molar-refractivity contribution in [2.45, 2.75) is 24.9 Å². The molecule has 0 aromatic heterocycles. The van der Waals surface area contributed by atoms with Crippen LogP contribution in [0.3, 0.4) is 0 Å². The molecule has 6 heteroatoms. The van der Waals surface area contributed by atoms with E-state index in [1.807, 2.05) is 4.90 Å². The first-order valence-electron chi connectivity index (χ1n) is 6.53. The maximum atomic E-state index is 13.4. The molecule has 1 heterocycles. The summed E-state index contributed by atoms with van der Waals surface area (Å²) in [4.78, 5) is 13.2. The summed E-state index contributed by atoms with van der Waals surface area (Å²) < 4.78 is 18.0. The molecule has 0 amide bonds. The lowest BCUT2D eigenvalue weighted by Gasteiger charge is -2.38. The minimum atomic E-state index is -1.03. The van der Waals surface area contributed by atoms with Crippen LogP contribution in [0.25, 0.3) is 0 Å². The van der Waals surface area contributed by atoms with Crippen molar-refractivity contribution in [1.29, 1.82) is 0 Å². The van der Waals surface area contributed by atoms with Gasteiger partial charge in [-0.05, 0) is 31.0 Å². The van der Waals surface area contributed by atoms with Crippen LogP contribution in [-0.4, -0.2) is 36.9 Å². The van der Waals surface area contributed by atoms with E-state index in [4.69, 9.17) is 5.73 Å². The lowest BCUT2D eigenvalue weighted by molar-refractivity contribution is -0.147. The van der Waals surface area contributed by atoms with Crippen LogP contribution >= 0.6 is 0 Å². The van der Waals surface area contributed by atoms with Crippen molar-refractivity contribution in [3.8, 4) is 0 Å². The van der Waals surface area contributed by atoms with Gasteiger partial charge in [-0.25, -0.2) is 4.39 Å². The first-order chi connectivity index (χ1) is 9.43. The van der Waals surface area contributed by atoms with Crippen molar-refractivity contribution < 1.29 is 19.0 Å². The fraction of sp³-hybridized carbons (Fsp3) is 0.500. The fourth-order valence-electron chi connectivity index (χ4n) is 2.41. The van der Waals surface area contributed by atoms with Gasteiger partial charge in [0, 0.05) is 18.8 Å². The van der Waals surface area contributed by atoms with Crippen LogP contribution in [0.5, 0.6) is 0 Å². The van der Waals surface area contributed by atoms with E-state index in [-0.39, 0.29) is 12.1 Å². The summed E-state index contributed by atoms with van der Waals surface area (Å²) in [6.07, 6.45) is 0.871. The third-order valence-electron chi connectivity index (χ3n) is 3.74. The topological polar surface area (TPSA) is 75.8 Å². The van der Waals surface area contributed by atoms with Crippen LogP contribution in [0.4, 0.5) is 15.8 Å². The second-order valence-electron chi connectivity index (χ2n) is 5.17. The number of rotatable bonds is 3. The molecule has 20 heavy (non-hydrogen) atoms. The number of aliphatic hydroxyl groups is 1. The number of nitrogen functional groups attached to an aromatic ring is 1. The average Bonchev–Trinajstić information content (AvgIpc) is 2.42. The van der Waals surface area contributed by atoms with Crippen LogP contribution in [0.1, 0.15) is 19.3 Å². The summed E-state index contributed by atoms with van der Waals surface area (Å²) in [5.41, 5.74) is 5.27. The van der Waals surface area contributed by atoms with Crippen molar-refractivity contribution >= 4 is 17.3 Å². The zero-order chi connectivity index (χ0) is 14.8. The van der Waals surface area contributed by atoms with E-state index in [9.17, 15) is 14.3 Å². The number of benzene rings is 1. The number of hydrogen-bond donors (Lipinski definition) is 2. The highest BCUT2D eigenvalue weighted by Crippen LogP contribution is 2.30. The fourth-order valence-corrected chi connectivity index (χ4v) is 2.41. The molecule has 1 aliphatic rings. The number of anilines is 2. The summed E-state index contributed by atoms with van der Waals surface area (Å²) in [7, 11) is 1.30. The summed E-state index contributed by atoms with van der Waals surface area (Å²) >= 11 is 0. The summed E-state index contributed by atoms with van der Waals surface area (Å²) in [6, 6.07) is 4.67. The Morgan fingerprint density at radius 2 is 2.15 bits per heavy atom. The van der Waals surface area contributed by atoms with Gasteiger partial charge in [-0.1, -0.05) is 0 Å². The Bertz CT molecular complexity index is 499. The lowest BCUT2D eigenvalue weighted by Crippen LogP contribution is -2.45. The maximum absolute atomic E-state index is 13.4. The van der Waals surface area contributed by atoms with Gasteiger partial charge < -0.3 is 20.5 Å². The van der Waals surface area contributed by atoms with Crippen LogP contribution in [0, 0.1) is 5.82 Å². The Morgan fingerprint density at radius 1 is 1.50 bits per heavy atom. The van der Waals surface area contributed by atoms with Gasteiger partial charge in [0.2, 0.25) is 0 Å². The monoisotopic (exact) mass is 282 g/mol. The first kappa shape index (κ1) is 14.6. The molecule has 2 rings (SSSR count). The van der Waals surface area contributed by atoms with Crippen molar-refractivity contribution in [2.24, 2.45) is 0 Å². The molecule has 110 valence electrons. The Kier molecular flexibility index (Phi) is 4.13. The van der Waals surface area contributed by atoms with Gasteiger partial charge in [-0.15, -0.1) is 0 Å². The third kappa shape index (κ3) is 3.19. The highest BCUT2D eigenvalue weighted by Gasteiger charge is 2.35. The SMILES string of the molecule is COC(=O)CC1(O)CCN(c2ccc(N)c(F)c2)CC1. The first-order valence-corrected chi connectivity index (χ1v) is 6.53. The number of carbonyl (C=O) groups is 1. The van der Waals surface area contributed by atoms with E-state index in [1.165, 1.54) is 19.2 Å². The Morgan fingerprint density at radius 3 is 2.70 bits per heavy atom. The Balaban J connectivity index is 2.00. The van der Waals surface area contributed by atoms with Gasteiger partial charge in [-0.3, -0.25) is 4.79 Å². The van der Waals surface area contributed by atoms with Gasteiger partial charge >= 0.3 is 5.97 Å². The Labute approximate surface area is 117 Å². The molecule has 0 radical (unpaired) electrons. The van der Waals surface area contributed by atoms with Crippen molar-refractivity contribution in [1.82, 2.24) is 0 Å². The molecule has 5 nitrogen and oxygen atoms in total. The standard InChI is InChI=1S/C14H19FN2O3/c1-20-13(18)9-14(19)4-6-17(7-5-14)10-2-3-12(16)11(15)8-10/h2-3,8,19H,4-7,9,16H2,1H3. The van der Waals surface area contributed by atoms with E-state index in [2.05, 4.69) is 4.74 Å². The number of esters is 1. The third-order valence-corrected chi connectivity index (χ3v) is 3.74. The summed E-state index contributed by atoms with van der Waals surface area (Å²) in [5, 5.41) is 10.3. The van der Waals surface area contributed by atoms with Gasteiger partial charge in [-0.2, -0.15) is 0 Å². The number of nitrogens with zero attached hydrogens (tertiary/aromatic N) is 1. The van der Waals surface area contributed by atoms with Crippen molar-refractivity contribution in [3.05, 3.63) is 24.0 Å². The number of carbonyl (C=O) groups excluding carboxylic acids is 1. The van der Waals surface area contributed by atoms with E-state index in [0.717, 1.165) is 5.69 Å². The molecule has 0 saturated carbocycles. The van der Waals surface area contributed by atoms with Gasteiger partial charge in [0.25, 0.3) is 0 Å². The predicted octanol–water partition coefficient (Wildman–Crippen LogP) is 1.30. The second-order valence-corrected chi connectivity index (χ2v) is 5.17. The van der Waals surface area contributed by atoms with E-state index < -0.39 is 17.4 Å². The minimum absolute atomic E-state index is 0.00651. The number of piperidine rings is 1. The Hall–Kier alpha value is -1.82. The molecule has 0 unspecified atom stereocenters. The number of hydrogen-bond acceptors (Lipinski definition) is 5. The zero-order valence-electron chi connectivity index (χ0n) is 11.4. The number of ether oxygens (including phenoxy) is 1. The summed E-state index contributed by atoms with van der Waals surface area (Å²) in [6.45, 7) is 1.10. The molecule has 0 spiro atoms. The summed E-state index contributed by atoms with van der Waals surface area (Å²) in [5.74, 6) is -0.864. The maximum Gasteiger partial charge on any atom is 0.308 e. The quantitative estimate of drug-likeness (QED) is 0.645. The van der Waals surface area contributed by atoms with E-state index >= 15 is 0 Å². The number of methoxy groups -OCH3 is 1. The highest BCUT2D eigenvalue weighted by atomic mass is 19.1. The van der Waals surface area contributed by atoms with E-state index in [0.29, 0.717) is 25.9 Å². The predicted molar refractivity (Wildman–Crippen MR) is 73.8 cm³/mol. The molecule has 0 bridgehead atoms. The van der Waals surface area contributed by atoms with Crippen LogP contribution in [0.15, 0.2) is 18.2 Å². The minimum Gasteiger partial charge on any atom is -0.469 e. The van der Waals surface area contributed by atoms with Crippen LogP contribution in [0.2, 0.25) is 0 Å².